The molecule has 0 saturated carbocycles. The molecule has 0 saturated heterocycles. The van der Waals surface area contributed by atoms with Gasteiger partial charge in [0, 0.05) is 5.38 Å². The topological polar surface area (TPSA) is 52.1 Å². The molecule has 6 heteroatoms. The van der Waals surface area contributed by atoms with Crippen molar-refractivity contribution in [3.8, 4) is 10.0 Å². The van der Waals surface area contributed by atoms with Crippen LogP contribution in [0.15, 0.2) is 5.38 Å². The molecule has 0 atom stereocenters. The van der Waals surface area contributed by atoms with Crippen LogP contribution in [-0.2, 0) is 17.6 Å². The van der Waals surface area contributed by atoms with Gasteiger partial charge in [0.1, 0.15) is 4.88 Å². The third kappa shape index (κ3) is 6.16. The fraction of sp³-hybridized carbons (Fsp3) is 0.650. The zero-order valence-electron chi connectivity index (χ0n) is 16.2. The quantitative estimate of drug-likeness (QED) is 0.313. The van der Waals surface area contributed by atoms with E-state index in [1.807, 2.05) is 0 Å². The van der Waals surface area contributed by atoms with Crippen LogP contribution in [0.3, 0.4) is 0 Å². The van der Waals surface area contributed by atoms with Gasteiger partial charge < -0.3 is 4.74 Å². The van der Waals surface area contributed by atoms with Gasteiger partial charge in [0.15, 0.2) is 10.0 Å². The van der Waals surface area contributed by atoms with Crippen molar-refractivity contribution < 1.29 is 9.53 Å². The van der Waals surface area contributed by atoms with Crippen molar-refractivity contribution in [2.75, 3.05) is 7.11 Å². The van der Waals surface area contributed by atoms with Gasteiger partial charge in [0.2, 0.25) is 0 Å². The van der Waals surface area contributed by atoms with Crippen LogP contribution < -0.4 is 0 Å². The number of thiazole rings is 2. The number of carbonyl (C=O) groups excluding carboxylic acids is 1. The number of ether oxygens (including phenoxy) is 1. The molecule has 2 heterocycles. The molecular weight excluding hydrogens is 364 g/mol. The third-order valence-electron chi connectivity index (χ3n) is 4.36. The molecule has 2 aromatic rings. The molecule has 2 rings (SSSR count). The summed E-state index contributed by atoms with van der Waals surface area (Å²) in [5.74, 6) is -0.282. The smallest absolute Gasteiger partial charge is 0.349 e. The van der Waals surface area contributed by atoms with E-state index in [9.17, 15) is 4.79 Å². The van der Waals surface area contributed by atoms with Crippen molar-refractivity contribution >= 4 is 28.6 Å². The summed E-state index contributed by atoms with van der Waals surface area (Å²) in [6.45, 7) is 4.42. The van der Waals surface area contributed by atoms with Gasteiger partial charge in [-0.1, -0.05) is 52.4 Å². The van der Waals surface area contributed by atoms with Gasteiger partial charge in [0.25, 0.3) is 0 Å². The van der Waals surface area contributed by atoms with Crippen molar-refractivity contribution in [1.29, 1.82) is 0 Å². The van der Waals surface area contributed by atoms with E-state index in [-0.39, 0.29) is 5.97 Å². The number of aromatic nitrogens is 2. The summed E-state index contributed by atoms with van der Waals surface area (Å²) in [5.41, 5.74) is 2.01. The average molecular weight is 395 g/mol. The maximum absolute atomic E-state index is 12.1. The Labute approximate surface area is 165 Å². The summed E-state index contributed by atoms with van der Waals surface area (Å²) < 4.78 is 4.95. The predicted octanol–water partition coefficient (Wildman–Crippen LogP) is 6.30. The van der Waals surface area contributed by atoms with E-state index in [1.54, 1.807) is 11.3 Å². The number of esters is 1. The largest absolute Gasteiger partial charge is 0.465 e. The highest BCUT2D eigenvalue weighted by molar-refractivity contribution is 7.21. The lowest BCUT2D eigenvalue weighted by Crippen LogP contribution is -2.02. The molecule has 2 aromatic heterocycles. The van der Waals surface area contributed by atoms with Gasteiger partial charge in [0.05, 0.1) is 18.5 Å². The SMILES string of the molecule is CCCCCCc1csc(-c2nc(CCCCCC)c(C(=O)OC)s2)n1. The second-order valence-electron chi connectivity index (χ2n) is 6.55. The minimum atomic E-state index is -0.282. The lowest BCUT2D eigenvalue weighted by molar-refractivity contribution is 0.0604. The van der Waals surface area contributed by atoms with E-state index >= 15 is 0 Å². The Hall–Kier alpha value is -1.27. The number of carbonyl (C=O) groups is 1. The molecule has 0 aliphatic heterocycles. The Morgan fingerprint density at radius 3 is 2.31 bits per heavy atom. The van der Waals surface area contributed by atoms with Crippen molar-refractivity contribution in [2.45, 2.75) is 78.1 Å². The molecule has 0 amide bonds. The molecule has 0 aromatic carbocycles. The standard InChI is InChI=1S/C20H30N2O2S2/c1-4-6-8-10-12-15-14-25-18(21-15)19-22-16(13-11-9-7-5-2)17(26-19)20(23)24-3/h14H,4-13H2,1-3H3. The number of nitrogens with zero attached hydrogens (tertiary/aromatic N) is 2. The van der Waals surface area contributed by atoms with Crippen molar-refractivity contribution in [2.24, 2.45) is 0 Å². The molecule has 144 valence electrons. The predicted molar refractivity (Wildman–Crippen MR) is 110 cm³/mol. The Kier molecular flexibility index (Phi) is 9.26. The van der Waals surface area contributed by atoms with Gasteiger partial charge in [-0.3, -0.25) is 0 Å². The van der Waals surface area contributed by atoms with Gasteiger partial charge in [-0.15, -0.1) is 22.7 Å². The highest BCUT2D eigenvalue weighted by Gasteiger charge is 2.20. The Morgan fingerprint density at radius 1 is 0.962 bits per heavy atom. The molecule has 0 aliphatic rings. The fourth-order valence-electron chi connectivity index (χ4n) is 2.84. The van der Waals surface area contributed by atoms with E-state index in [0.717, 1.165) is 40.7 Å². The zero-order chi connectivity index (χ0) is 18.8. The van der Waals surface area contributed by atoms with Gasteiger partial charge >= 0.3 is 5.97 Å². The van der Waals surface area contributed by atoms with Gasteiger partial charge in [-0.2, -0.15) is 0 Å². The summed E-state index contributed by atoms with van der Waals surface area (Å²) >= 11 is 3.04. The molecule has 0 fully saturated rings. The summed E-state index contributed by atoms with van der Waals surface area (Å²) in [6.07, 6.45) is 11.5. The maximum Gasteiger partial charge on any atom is 0.349 e. The molecule has 0 aliphatic carbocycles. The molecule has 0 unspecified atom stereocenters. The minimum Gasteiger partial charge on any atom is -0.465 e. The van der Waals surface area contributed by atoms with Gasteiger partial charge in [-0.05, 0) is 25.7 Å². The van der Waals surface area contributed by atoms with E-state index in [4.69, 9.17) is 14.7 Å². The maximum atomic E-state index is 12.1. The lowest BCUT2D eigenvalue weighted by Gasteiger charge is -2.00. The molecule has 0 N–H and O–H groups in total. The number of unbranched alkanes of at least 4 members (excludes halogenated alkanes) is 6. The number of rotatable bonds is 12. The first-order valence-corrected chi connectivity index (χ1v) is 11.4. The summed E-state index contributed by atoms with van der Waals surface area (Å²) in [6, 6.07) is 0. The van der Waals surface area contributed by atoms with Crippen LogP contribution in [0.2, 0.25) is 0 Å². The summed E-state index contributed by atoms with van der Waals surface area (Å²) in [5, 5.41) is 3.90. The minimum absolute atomic E-state index is 0.282. The third-order valence-corrected chi connectivity index (χ3v) is 6.47. The van der Waals surface area contributed by atoms with Crippen LogP contribution in [-0.4, -0.2) is 23.0 Å². The van der Waals surface area contributed by atoms with E-state index in [0.29, 0.717) is 4.88 Å². The highest BCUT2D eigenvalue weighted by Crippen LogP contribution is 2.32. The normalized spacial score (nSPS) is 11.0. The van der Waals surface area contributed by atoms with Crippen molar-refractivity contribution in [3.63, 3.8) is 0 Å². The van der Waals surface area contributed by atoms with Crippen LogP contribution in [0.5, 0.6) is 0 Å². The molecule has 0 spiro atoms. The zero-order valence-corrected chi connectivity index (χ0v) is 17.8. The first kappa shape index (κ1) is 21.0. The van der Waals surface area contributed by atoms with Crippen molar-refractivity contribution in [1.82, 2.24) is 9.97 Å². The first-order chi connectivity index (χ1) is 12.7. The van der Waals surface area contributed by atoms with Crippen LogP contribution in [0.1, 0.15) is 86.3 Å². The average Bonchev–Trinajstić information content (AvgIpc) is 3.29. The van der Waals surface area contributed by atoms with Crippen molar-refractivity contribution in [3.05, 3.63) is 21.6 Å². The van der Waals surface area contributed by atoms with Crippen LogP contribution in [0, 0.1) is 0 Å². The van der Waals surface area contributed by atoms with Crippen LogP contribution in [0.25, 0.3) is 10.0 Å². The Balaban J connectivity index is 2.07. The molecule has 4 nitrogen and oxygen atoms in total. The molecule has 0 radical (unpaired) electrons. The fourth-order valence-corrected chi connectivity index (χ4v) is 4.76. The highest BCUT2D eigenvalue weighted by atomic mass is 32.1. The second-order valence-corrected chi connectivity index (χ2v) is 8.41. The number of aryl methyl sites for hydroxylation is 2. The summed E-state index contributed by atoms with van der Waals surface area (Å²) in [7, 11) is 1.43. The molecular formula is C20H30N2O2S2. The molecule has 26 heavy (non-hydrogen) atoms. The van der Waals surface area contributed by atoms with E-state index in [2.05, 4.69) is 19.2 Å². The first-order valence-electron chi connectivity index (χ1n) is 9.72. The Morgan fingerprint density at radius 2 is 1.65 bits per heavy atom. The van der Waals surface area contributed by atoms with E-state index in [1.165, 1.54) is 63.4 Å². The van der Waals surface area contributed by atoms with Gasteiger partial charge in [-0.25, -0.2) is 14.8 Å². The second kappa shape index (κ2) is 11.4. The number of methoxy groups -OCH3 is 1. The number of hydrogen-bond acceptors (Lipinski definition) is 6. The monoisotopic (exact) mass is 394 g/mol. The van der Waals surface area contributed by atoms with Crippen LogP contribution in [0.4, 0.5) is 0 Å². The van der Waals surface area contributed by atoms with E-state index < -0.39 is 0 Å². The van der Waals surface area contributed by atoms with Crippen LogP contribution >= 0.6 is 22.7 Å². The lowest BCUT2D eigenvalue weighted by atomic mass is 10.1. The Bertz CT molecular complexity index is 679. The summed E-state index contributed by atoms with van der Waals surface area (Å²) in [4.78, 5) is 22.2. The number of hydrogen-bond donors (Lipinski definition) is 0. The molecule has 0 bridgehead atoms.